The van der Waals surface area contributed by atoms with E-state index < -0.39 is 22.2 Å². The average Bonchev–Trinajstić information content (AvgIpc) is 3.16. The van der Waals surface area contributed by atoms with Gasteiger partial charge in [-0.2, -0.15) is 12.7 Å². The van der Waals surface area contributed by atoms with E-state index >= 15 is 0 Å². The van der Waals surface area contributed by atoms with Crippen molar-refractivity contribution < 1.29 is 23.1 Å². The molecule has 1 fully saturated rings. The Morgan fingerprint density at radius 1 is 1.24 bits per heavy atom. The van der Waals surface area contributed by atoms with Gasteiger partial charge in [-0.3, -0.25) is 4.79 Å². The van der Waals surface area contributed by atoms with Crippen LogP contribution in [-0.2, 0) is 22.0 Å². The number of hydrogen-bond acceptors (Lipinski definition) is 6. The lowest BCUT2D eigenvalue weighted by molar-refractivity contribution is 0.0456. The molecular weight excluding hydrogens is 622 g/mol. The molecule has 4 atom stereocenters. The Morgan fingerprint density at radius 2 is 2.07 bits per heavy atom. The number of aliphatic hydroxyl groups excluding tert-OH is 1. The van der Waals surface area contributed by atoms with Crippen LogP contribution in [-0.4, -0.2) is 62.6 Å². The fraction of sp³-hybridized carbons (Fsp3) is 0.528. The summed E-state index contributed by atoms with van der Waals surface area (Å²) >= 11 is 6.41. The van der Waals surface area contributed by atoms with Gasteiger partial charge in [0.1, 0.15) is 5.75 Å². The van der Waals surface area contributed by atoms with Crippen molar-refractivity contribution in [1.82, 2.24) is 9.03 Å². The number of allylic oxidation sites excluding steroid dienone is 1. The lowest BCUT2D eigenvalue weighted by Crippen LogP contribution is -2.49. The molecule has 0 bridgehead atoms. The normalized spacial score (nSPS) is 23.3. The van der Waals surface area contributed by atoms with E-state index in [9.17, 15) is 18.3 Å². The summed E-state index contributed by atoms with van der Waals surface area (Å²) in [6.07, 6.45) is 12.5. The average molecular weight is 670 g/mol. The summed E-state index contributed by atoms with van der Waals surface area (Å²) in [5, 5.41) is 11.8. The van der Waals surface area contributed by atoms with Gasteiger partial charge in [0.05, 0.1) is 18.4 Å². The third-order valence-electron chi connectivity index (χ3n) is 9.95. The maximum absolute atomic E-state index is 13.4. The van der Waals surface area contributed by atoms with Crippen molar-refractivity contribution in [3.63, 3.8) is 0 Å². The third kappa shape index (κ3) is 7.48. The van der Waals surface area contributed by atoms with Gasteiger partial charge in [-0.05, 0) is 98.2 Å². The molecule has 2 aliphatic carbocycles. The summed E-state index contributed by atoms with van der Waals surface area (Å²) in [6.45, 7) is 9.87. The van der Waals surface area contributed by atoms with Crippen LogP contribution >= 0.6 is 11.6 Å². The van der Waals surface area contributed by atoms with Gasteiger partial charge in [0.25, 0.3) is 5.91 Å². The van der Waals surface area contributed by atoms with E-state index in [2.05, 4.69) is 41.3 Å². The molecule has 3 aliphatic rings. The molecule has 2 N–H and O–H groups in total. The zero-order valence-corrected chi connectivity index (χ0v) is 28.7. The van der Waals surface area contributed by atoms with Crippen LogP contribution in [0.25, 0.3) is 0 Å². The highest BCUT2D eigenvalue weighted by atomic mass is 35.5. The molecule has 5 rings (SSSR count). The van der Waals surface area contributed by atoms with Crippen LogP contribution in [0.5, 0.6) is 5.75 Å². The van der Waals surface area contributed by atoms with Gasteiger partial charge in [-0.25, -0.2) is 4.72 Å². The van der Waals surface area contributed by atoms with Gasteiger partial charge < -0.3 is 14.7 Å². The molecule has 1 spiro atoms. The number of unbranched alkanes of at least 4 members (excludes halogenated alkanes) is 1. The molecule has 1 unspecified atom stereocenters. The number of aryl methyl sites for hydroxylation is 1. The van der Waals surface area contributed by atoms with Crippen LogP contribution in [0.15, 0.2) is 61.2 Å². The monoisotopic (exact) mass is 669 g/mol. The summed E-state index contributed by atoms with van der Waals surface area (Å²) in [7, 11) is -4.04. The quantitative estimate of drug-likeness (QED) is 0.239. The fourth-order valence-electron chi connectivity index (χ4n) is 7.28. The first-order chi connectivity index (χ1) is 22.1. The van der Waals surface area contributed by atoms with Crippen LogP contribution in [0.2, 0.25) is 5.02 Å². The van der Waals surface area contributed by atoms with E-state index in [1.54, 1.807) is 31.2 Å². The molecule has 2 aromatic carbocycles. The van der Waals surface area contributed by atoms with E-state index in [0.717, 1.165) is 55.7 Å². The smallest absolute Gasteiger partial charge is 0.304 e. The Bertz CT molecular complexity index is 1550. The molecule has 46 heavy (non-hydrogen) atoms. The van der Waals surface area contributed by atoms with Crippen molar-refractivity contribution in [2.24, 2.45) is 11.8 Å². The second-order valence-corrected chi connectivity index (χ2v) is 15.1. The first-order valence-electron chi connectivity index (χ1n) is 16.7. The van der Waals surface area contributed by atoms with Crippen LogP contribution in [0.4, 0.5) is 5.69 Å². The number of rotatable bonds is 13. The van der Waals surface area contributed by atoms with E-state index in [0.29, 0.717) is 31.9 Å². The van der Waals surface area contributed by atoms with Gasteiger partial charge in [0.2, 0.25) is 0 Å². The Kier molecular flexibility index (Phi) is 11.2. The topological polar surface area (TPSA) is 99.2 Å². The number of benzene rings is 2. The van der Waals surface area contributed by atoms with E-state index in [1.807, 2.05) is 12.1 Å². The van der Waals surface area contributed by atoms with Crippen LogP contribution < -0.4 is 14.4 Å². The minimum atomic E-state index is -4.04. The number of halogens is 1. The van der Waals surface area contributed by atoms with Crippen molar-refractivity contribution in [3.8, 4) is 5.75 Å². The number of fused-ring (bicyclic) bond motifs is 3. The highest BCUT2D eigenvalue weighted by Gasteiger charge is 2.44. The number of anilines is 1. The van der Waals surface area contributed by atoms with E-state index in [4.69, 9.17) is 16.3 Å². The largest absolute Gasteiger partial charge is 0.490 e. The summed E-state index contributed by atoms with van der Waals surface area (Å²) in [4.78, 5) is 15.7. The minimum Gasteiger partial charge on any atom is -0.490 e. The lowest BCUT2D eigenvalue weighted by Gasteiger charge is -2.45. The molecule has 1 amide bonds. The molecule has 250 valence electrons. The molecule has 1 saturated carbocycles. The van der Waals surface area contributed by atoms with Gasteiger partial charge in [0.15, 0.2) is 0 Å². The molecule has 0 radical (unpaired) electrons. The summed E-state index contributed by atoms with van der Waals surface area (Å²) in [5.41, 5.74) is 3.22. The predicted octanol–water partition coefficient (Wildman–Crippen LogP) is 6.43. The lowest BCUT2D eigenvalue weighted by atomic mass is 9.68. The second kappa shape index (κ2) is 14.9. The Labute approximate surface area is 279 Å². The Morgan fingerprint density at radius 3 is 2.78 bits per heavy atom. The Balaban J connectivity index is 1.47. The van der Waals surface area contributed by atoms with Crippen molar-refractivity contribution in [1.29, 1.82) is 0 Å². The van der Waals surface area contributed by atoms with Crippen LogP contribution in [0, 0.1) is 11.8 Å². The molecule has 1 heterocycles. The zero-order chi connectivity index (χ0) is 32.9. The Hall–Kier alpha value is -2.85. The molecule has 0 saturated heterocycles. The first kappa shape index (κ1) is 34.5. The SMILES string of the molecule is C=CCCN(CC)S(=O)(=O)NC(=O)c1ccc2c(c1)N(C[C@@H]1CC[C@H]1C(O)/C=C/CCC)C[C@@]1(CCCc3cc(Cl)ccc31)CO2. The molecule has 10 heteroatoms. The molecule has 8 nitrogen and oxygen atoms in total. The van der Waals surface area contributed by atoms with Gasteiger partial charge in [-0.15, -0.1) is 6.58 Å². The number of nitrogens with zero attached hydrogens (tertiary/aromatic N) is 2. The fourth-order valence-corrected chi connectivity index (χ4v) is 8.64. The summed E-state index contributed by atoms with van der Waals surface area (Å²) in [6, 6.07) is 11.3. The third-order valence-corrected chi connectivity index (χ3v) is 11.8. The summed E-state index contributed by atoms with van der Waals surface area (Å²) < 4.78 is 36.2. The molecule has 1 aliphatic heterocycles. The highest BCUT2D eigenvalue weighted by Crippen LogP contribution is 2.46. The number of carbonyl (C=O) groups is 1. The molecule has 2 aromatic rings. The highest BCUT2D eigenvalue weighted by molar-refractivity contribution is 7.87. The maximum atomic E-state index is 13.4. The molecular formula is C36H48ClN3O5S. The minimum absolute atomic E-state index is 0.154. The number of ether oxygens (including phenoxy) is 1. The van der Waals surface area contributed by atoms with Crippen molar-refractivity contribution in [2.75, 3.05) is 37.7 Å². The van der Waals surface area contributed by atoms with Crippen LogP contribution in [0.3, 0.4) is 0 Å². The van der Waals surface area contributed by atoms with Gasteiger partial charge in [0, 0.05) is 42.2 Å². The van der Waals surface area contributed by atoms with Crippen molar-refractivity contribution in [3.05, 3.63) is 82.9 Å². The first-order valence-corrected chi connectivity index (χ1v) is 18.5. The van der Waals surface area contributed by atoms with Crippen LogP contribution in [0.1, 0.15) is 80.3 Å². The van der Waals surface area contributed by atoms with Crippen molar-refractivity contribution >= 4 is 33.4 Å². The van der Waals surface area contributed by atoms with Crippen molar-refractivity contribution in [2.45, 2.75) is 76.7 Å². The number of carbonyl (C=O) groups excluding carboxylic acids is 1. The van der Waals surface area contributed by atoms with E-state index in [-0.39, 0.29) is 35.9 Å². The zero-order valence-electron chi connectivity index (χ0n) is 27.1. The van der Waals surface area contributed by atoms with Gasteiger partial charge >= 0.3 is 10.2 Å². The number of hydrogen-bond donors (Lipinski definition) is 2. The predicted molar refractivity (Wildman–Crippen MR) is 185 cm³/mol. The number of amides is 1. The van der Waals surface area contributed by atoms with E-state index in [1.165, 1.54) is 15.4 Å². The standard InChI is InChI=1S/C36H48ClN3O5S/c1-4-7-9-12-33(41)30-16-13-28(30)23-39-24-36(19-10-11-26-21-29(37)15-17-31(26)36)25-45-34-18-14-27(22-32(34)39)35(42)38-46(43,44)40(6-3)20-8-5-2/h5,9,12,14-15,17-18,21-22,28,30,33,41H,2,4,6-8,10-11,13,16,19-20,23-25H2,1,3H3,(H,38,42)/b12-9+/t28-,30+,33?,36-/m0/s1. The molecule has 0 aromatic heterocycles. The maximum Gasteiger partial charge on any atom is 0.304 e. The number of aliphatic hydroxyl groups is 1. The van der Waals surface area contributed by atoms with Gasteiger partial charge in [-0.1, -0.05) is 56.2 Å². The second-order valence-electron chi connectivity index (χ2n) is 13.0. The summed E-state index contributed by atoms with van der Waals surface area (Å²) in [5.74, 6) is 0.395. The number of nitrogens with one attached hydrogen (secondary N) is 1.